The number of halogens is 3. The fourth-order valence-electron chi connectivity index (χ4n) is 3.84. The molecule has 7 nitrogen and oxygen atoms in total. The van der Waals surface area contributed by atoms with E-state index < -0.39 is 29.7 Å². The largest absolute Gasteiger partial charge is 0.417 e. The average molecular weight is 435 g/mol. The van der Waals surface area contributed by atoms with Crippen LogP contribution in [-0.2, 0) is 11.0 Å². The molecule has 0 aromatic carbocycles. The molecule has 1 N–H and O–H groups in total. The van der Waals surface area contributed by atoms with E-state index in [0.29, 0.717) is 25.6 Å². The Labute approximate surface area is 177 Å². The molecule has 1 aliphatic heterocycles. The van der Waals surface area contributed by atoms with Crippen LogP contribution in [0.25, 0.3) is 11.0 Å². The number of fused-ring (bicyclic) bond motifs is 1. The highest BCUT2D eigenvalue weighted by Crippen LogP contribution is 2.31. The fourth-order valence-corrected chi connectivity index (χ4v) is 3.84. The topological polar surface area (TPSA) is 93.1 Å². The molecule has 0 radical (unpaired) electrons. The number of hydrogen-bond donors (Lipinski definition) is 1. The number of nitrogens with zero attached hydrogens (tertiary/aromatic N) is 4. The average Bonchev–Trinajstić information content (AvgIpc) is 3.35. The number of aromatic amines is 1. The van der Waals surface area contributed by atoms with E-state index in [-0.39, 0.29) is 28.6 Å². The molecule has 2 amide bonds. The number of pyridine rings is 1. The van der Waals surface area contributed by atoms with E-state index in [9.17, 15) is 28.0 Å². The summed E-state index contributed by atoms with van der Waals surface area (Å²) in [5.41, 5.74) is -0.708. The van der Waals surface area contributed by atoms with E-state index in [2.05, 4.69) is 16.0 Å². The number of alkyl halides is 3. The molecule has 3 rings (SSSR count). The van der Waals surface area contributed by atoms with Gasteiger partial charge in [-0.05, 0) is 37.3 Å². The number of H-pyrrole nitrogens is 1. The lowest BCUT2D eigenvalue weighted by Crippen LogP contribution is -2.51. The van der Waals surface area contributed by atoms with Crippen molar-refractivity contribution in [3.05, 3.63) is 29.6 Å². The van der Waals surface area contributed by atoms with Crippen molar-refractivity contribution in [3.8, 4) is 6.07 Å². The van der Waals surface area contributed by atoms with Crippen molar-refractivity contribution >= 4 is 22.8 Å². The van der Waals surface area contributed by atoms with Crippen LogP contribution in [0.1, 0.15) is 49.2 Å². The lowest BCUT2D eigenvalue weighted by molar-refractivity contribution is -0.138. The van der Waals surface area contributed by atoms with Crippen molar-refractivity contribution in [2.75, 3.05) is 13.6 Å². The van der Waals surface area contributed by atoms with Crippen molar-refractivity contribution in [3.63, 3.8) is 0 Å². The first-order valence-corrected chi connectivity index (χ1v) is 10.1. The van der Waals surface area contributed by atoms with Crippen molar-refractivity contribution in [2.24, 2.45) is 5.92 Å². The highest BCUT2D eigenvalue weighted by molar-refractivity contribution is 5.99. The van der Waals surface area contributed by atoms with E-state index in [4.69, 9.17) is 0 Å². The van der Waals surface area contributed by atoms with Crippen LogP contribution in [0.15, 0.2) is 18.3 Å². The molecular formula is C21H24F3N5O2. The van der Waals surface area contributed by atoms with Gasteiger partial charge in [0.2, 0.25) is 5.91 Å². The third-order valence-electron chi connectivity index (χ3n) is 5.48. The van der Waals surface area contributed by atoms with Crippen LogP contribution < -0.4 is 0 Å². The summed E-state index contributed by atoms with van der Waals surface area (Å²) in [6.07, 6.45) is -2.11. The van der Waals surface area contributed by atoms with Crippen molar-refractivity contribution in [2.45, 2.75) is 51.4 Å². The number of nitriles is 1. The second kappa shape index (κ2) is 8.57. The summed E-state index contributed by atoms with van der Waals surface area (Å²) in [6.45, 7) is 4.32. The number of likely N-dealkylation sites (tertiary alicyclic amines) is 1. The summed E-state index contributed by atoms with van der Waals surface area (Å²) in [6, 6.07) is 3.07. The predicted molar refractivity (Wildman–Crippen MR) is 107 cm³/mol. The van der Waals surface area contributed by atoms with E-state index in [1.807, 2.05) is 13.8 Å². The van der Waals surface area contributed by atoms with Gasteiger partial charge in [0, 0.05) is 25.2 Å². The van der Waals surface area contributed by atoms with Gasteiger partial charge in [-0.2, -0.15) is 18.4 Å². The normalized spacial score (nSPS) is 17.7. The fraction of sp³-hybridized carbons (Fsp3) is 0.524. The van der Waals surface area contributed by atoms with E-state index >= 15 is 0 Å². The van der Waals surface area contributed by atoms with Gasteiger partial charge < -0.3 is 14.8 Å². The summed E-state index contributed by atoms with van der Waals surface area (Å²) in [5.74, 6) is -0.716. The van der Waals surface area contributed by atoms with Gasteiger partial charge in [0.25, 0.3) is 5.91 Å². The number of carbonyl (C=O) groups is 2. The second-order valence-electron chi connectivity index (χ2n) is 8.22. The Morgan fingerprint density at radius 1 is 1.39 bits per heavy atom. The second-order valence-corrected chi connectivity index (χ2v) is 8.22. The summed E-state index contributed by atoms with van der Waals surface area (Å²) in [5, 5.41) is 9.47. The molecule has 2 aromatic rings. The van der Waals surface area contributed by atoms with Gasteiger partial charge in [-0.1, -0.05) is 13.8 Å². The number of rotatable bonds is 5. The number of nitrogens with one attached hydrogen (secondary N) is 1. The van der Waals surface area contributed by atoms with E-state index in [1.165, 1.54) is 22.9 Å². The maximum atomic E-state index is 13.2. The molecule has 2 unspecified atom stereocenters. The summed E-state index contributed by atoms with van der Waals surface area (Å²) in [7, 11) is 1.49. The van der Waals surface area contributed by atoms with Gasteiger partial charge in [0.05, 0.1) is 11.6 Å². The zero-order chi connectivity index (χ0) is 22.9. The summed E-state index contributed by atoms with van der Waals surface area (Å²) < 4.78 is 38.8. The Morgan fingerprint density at radius 2 is 2.10 bits per heavy atom. The minimum atomic E-state index is -4.54. The molecule has 3 heterocycles. The maximum Gasteiger partial charge on any atom is 0.417 e. The van der Waals surface area contributed by atoms with Crippen molar-refractivity contribution in [1.82, 2.24) is 19.8 Å². The SMILES string of the molecule is CC(C)CC(C(=O)N1CCCC1C#N)N(C)C(=O)c1cc2cc(C(F)(F)F)cnc2[nH]1. The first-order valence-electron chi connectivity index (χ1n) is 10.1. The summed E-state index contributed by atoms with van der Waals surface area (Å²) in [4.78, 5) is 35.6. The molecule has 2 aromatic heterocycles. The minimum absolute atomic E-state index is 0.0455. The number of likely N-dealkylation sites (N-methyl/N-ethyl adjacent to an activating group) is 1. The molecule has 166 valence electrons. The Hall–Kier alpha value is -3.09. The first kappa shape index (κ1) is 22.6. The molecule has 1 saturated heterocycles. The van der Waals surface area contributed by atoms with Gasteiger partial charge in [-0.3, -0.25) is 9.59 Å². The van der Waals surface area contributed by atoms with Crippen molar-refractivity contribution < 1.29 is 22.8 Å². The maximum absolute atomic E-state index is 13.2. The molecule has 31 heavy (non-hydrogen) atoms. The van der Waals surface area contributed by atoms with Crippen LogP contribution in [-0.4, -0.2) is 57.3 Å². The number of hydrogen-bond acceptors (Lipinski definition) is 4. The summed E-state index contributed by atoms with van der Waals surface area (Å²) >= 11 is 0. The lowest BCUT2D eigenvalue weighted by atomic mass is 10.0. The molecule has 0 bridgehead atoms. The molecule has 0 saturated carbocycles. The molecule has 0 spiro atoms. The van der Waals surface area contributed by atoms with E-state index in [1.54, 1.807) is 0 Å². The molecule has 0 aliphatic carbocycles. The Bertz CT molecular complexity index is 1020. The predicted octanol–water partition coefficient (Wildman–Crippen LogP) is 3.58. The van der Waals surface area contributed by atoms with Crippen LogP contribution in [0.2, 0.25) is 0 Å². The standard InChI is InChI=1S/C21H24F3N5O2/c1-12(2)7-17(20(31)29-6-4-5-15(29)10-25)28(3)19(30)16-9-13-8-14(21(22,23)24)11-26-18(13)27-16/h8-9,11-12,15,17H,4-7H2,1-3H3,(H,26,27). The van der Waals surface area contributed by atoms with Gasteiger partial charge in [0.1, 0.15) is 23.4 Å². The molecule has 10 heteroatoms. The highest BCUT2D eigenvalue weighted by Gasteiger charge is 2.37. The van der Waals surface area contributed by atoms with Crippen LogP contribution in [0.3, 0.4) is 0 Å². The zero-order valence-electron chi connectivity index (χ0n) is 17.5. The van der Waals surface area contributed by atoms with Gasteiger partial charge >= 0.3 is 6.18 Å². The van der Waals surface area contributed by atoms with Gasteiger partial charge in [-0.15, -0.1) is 0 Å². The monoisotopic (exact) mass is 435 g/mol. The van der Waals surface area contributed by atoms with E-state index in [0.717, 1.165) is 12.5 Å². The number of amides is 2. The zero-order valence-corrected chi connectivity index (χ0v) is 17.5. The van der Waals surface area contributed by atoms with Crippen LogP contribution in [0.4, 0.5) is 13.2 Å². The van der Waals surface area contributed by atoms with Crippen LogP contribution >= 0.6 is 0 Å². The Balaban J connectivity index is 1.88. The number of carbonyl (C=O) groups excluding carboxylic acids is 2. The Morgan fingerprint density at radius 3 is 2.71 bits per heavy atom. The molecule has 1 aliphatic rings. The molecular weight excluding hydrogens is 411 g/mol. The smallest absolute Gasteiger partial charge is 0.335 e. The third-order valence-corrected chi connectivity index (χ3v) is 5.48. The minimum Gasteiger partial charge on any atom is -0.335 e. The van der Waals surface area contributed by atoms with Crippen molar-refractivity contribution in [1.29, 1.82) is 5.26 Å². The Kier molecular flexibility index (Phi) is 6.25. The lowest BCUT2D eigenvalue weighted by Gasteiger charge is -2.32. The molecule has 2 atom stereocenters. The first-order chi connectivity index (χ1) is 14.5. The van der Waals surface area contributed by atoms with Crippen LogP contribution in [0.5, 0.6) is 0 Å². The van der Waals surface area contributed by atoms with Gasteiger partial charge in [-0.25, -0.2) is 4.98 Å². The third kappa shape index (κ3) is 4.65. The number of aromatic nitrogens is 2. The van der Waals surface area contributed by atoms with Gasteiger partial charge in [0.15, 0.2) is 0 Å². The quantitative estimate of drug-likeness (QED) is 0.777. The molecule has 1 fully saturated rings. The van der Waals surface area contributed by atoms with Crippen LogP contribution in [0, 0.1) is 17.2 Å². The highest BCUT2D eigenvalue weighted by atomic mass is 19.4.